The van der Waals surface area contributed by atoms with Crippen LogP contribution >= 0.6 is 11.3 Å². The molecule has 1 heterocycles. The molecule has 0 aliphatic heterocycles. The quantitative estimate of drug-likeness (QED) is 0.773. The molecule has 0 spiro atoms. The predicted octanol–water partition coefficient (Wildman–Crippen LogP) is 2.41. The molecule has 1 aromatic heterocycles. The van der Waals surface area contributed by atoms with Gasteiger partial charge in [-0.3, -0.25) is 14.5 Å². The van der Waals surface area contributed by atoms with Gasteiger partial charge in [0.15, 0.2) is 0 Å². The summed E-state index contributed by atoms with van der Waals surface area (Å²) in [7, 11) is 1.60. The van der Waals surface area contributed by atoms with E-state index in [0.717, 1.165) is 39.8 Å². The first-order valence-electron chi connectivity index (χ1n) is 7.34. The summed E-state index contributed by atoms with van der Waals surface area (Å²) in [5.74, 6) is -0.0996. The third-order valence-electron chi connectivity index (χ3n) is 3.54. The van der Waals surface area contributed by atoms with Gasteiger partial charge in [0.1, 0.15) is 5.75 Å². The Morgan fingerprint density at radius 3 is 2.87 bits per heavy atom. The first-order chi connectivity index (χ1) is 11.0. The van der Waals surface area contributed by atoms with E-state index in [0.29, 0.717) is 13.1 Å². The van der Waals surface area contributed by atoms with E-state index >= 15 is 0 Å². The Bertz CT molecular complexity index is 723. The van der Waals surface area contributed by atoms with Gasteiger partial charge in [-0.25, -0.2) is 0 Å². The van der Waals surface area contributed by atoms with Crippen molar-refractivity contribution in [2.24, 2.45) is 0 Å². The summed E-state index contributed by atoms with van der Waals surface area (Å²) in [5.41, 5.74) is 1.65. The average molecular weight is 336 g/mol. The number of nitrogens with one attached hydrogen (secondary N) is 1. The van der Waals surface area contributed by atoms with Crippen molar-refractivity contribution in [2.75, 3.05) is 20.2 Å². The SMILES string of the molecule is CCN(CCC(=O)O)Cc1sc(=O)[nH]c1-c1cccc(OC)c1. The van der Waals surface area contributed by atoms with Crippen molar-refractivity contribution in [2.45, 2.75) is 19.9 Å². The number of hydrogen-bond acceptors (Lipinski definition) is 5. The summed E-state index contributed by atoms with van der Waals surface area (Å²) in [4.78, 5) is 28.2. The maximum absolute atomic E-state index is 11.8. The molecule has 2 rings (SSSR count). The summed E-state index contributed by atoms with van der Waals surface area (Å²) in [6.45, 7) is 3.69. The minimum atomic E-state index is -0.821. The Hall–Kier alpha value is -2.12. The second-order valence-electron chi connectivity index (χ2n) is 5.06. The lowest BCUT2D eigenvalue weighted by molar-refractivity contribution is -0.137. The van der Waals surface area contributed by atoms with E-state index in [4.69, 9.17) is 9.84 Å². The number of H-pyrrole nitrogens is 1. The van der Waals surface area contributed by atoms with Crippen molar-refractivity contribution in [1.82, 2.24) is 9.88 Å². The largest absolute Gasteiger partial charge is 0.497 e. The standard InChI is InChI=1S/C16H20N2O4S/c1-3-18(8-7-14(19)20)10-13-15(17-16(21)23-13)11-5-4-6-12(9-11)22-2/h4-6,9H,3,7-8,10H2,1-2H3,(H,17,21)(H,19,20). The van der Waals surface area contributed by atoms with Gasteiger partial charge in [0.25, 0.3) is 0 Å². The lowest BCUT2D eigenvalue weighted by atomic mass is 10.1. The number of carboxylic acid groups (broad SMARTS) is 1. The molecule has 0 amide bonds. The van der Waals surface area contributed by atoms with Crippen molar-refractivity contribution in [3.8, 4) is 17.0 Å². The molecule has 0 fully saturated rings. The third kappa shape index (κ3) is 4.67. The summed E-state index contributed by atoms with van der Waals surface area (Å²) < 4.78 is 5.23. The number of hydrogen-bond donors (Lipinski definition) is 2. The zero-order chi connectivity index (χ0) is 16.8. The number of benzene rings is 1. The Kier molecular flexibility index (Phi) is 5.95. The highest BCUT2D eigenvalue weighted by Crippen LogP contribution is 2.27. The van der Waals surface area contributed by atoms with Gasteiger partial charge in [-0.15, -0.1) is 0 Å². The van der Waals surface area contributed by atoms with Crippen LogP contribution in [0.15, 0.2) is 29.1 Å². The van der Waals surface area contributed by atoms with Crippen LogP contribution in [0.25, 0.3) is 11.3 Å². The molecule has 7 heteroatoms. The monoisotopic (exact) mass is 336 g/mol. The number of carbonyl (C=O) groups is 1. The van der Waals surface area contributed by atoms with Gasteiger partial charge in [0.2, 0.25) is 0 Å². The number of rotatable bonds is 8. The molecule has 2 N–H and O–H groups in total. The average Bonchev–Trinajstić information content (AvgIpc) is 2.91. The van der Waals surface area contributed by atoms with Crippen LogP contribution in [-0.2, 0) is 11.3 Å². The normalized spacial score (nSPS) is 10.9. The molecule has 23 heavy (non-hydrogen) atoms. The zero-order valence-corrected chi connectivity index (χ0v) is 14.0. The van der Waals surface area contributed by atoms with E-state index in [1.54, 1.807) is 7.11 Å². The van der Waals surface area contributed by atoms with Crippen molar-refractivity contribution in [3.05, 3.63) is 38.8 Å². The molecular weight excluding hydrogens is 316 g/mol. The lowest BCUT2D eigenvalue weighted by Crippen LogP contribution is -2.25. The predicted molar refractivity (Wildman–Crippen MR) is 90.1 cm³/mol. The van der Waals surface area contributed by atoms with E-state index < -0.39 is 5.97 Å². The summed E-state index contributed by atoms with van der Waals surface area (Å²) in [6.07, 6.45) is 0.0850. The molecule has 0 aliphatic rings. The number of carboxylic acids is 1. The fourth-order valence-corrected chi connectivity index (χ4v) is 3.18. The van der Waals surface area contributed by atoms with E-state index in [2.05, 4.69) is 4.98 Å². The molecule has 0 aliphatic carbocycles. The fourth-order valence-electron chi connectivity index (χ4n) is 2.29. The smallest absolute Gasteiger partial charge is 0.305 e. The number of thiazole rings is 1. The minimum absolute atomic E-state index is 0.0850. The van der Waals surface area contributed by atoms with Crippen LogP contribution in [0.2, 0.25) is 0 Å². The highest BCUT2D eigenvalue weighted by molar-refractivity contribution is 7.09. The molecule has 0 radical (unpaired) electrons. The topological polar surface area (TPSA) is 82.6 Å². The Labute approximate surface area is 138 Å². The van der Waals surface area contributed by atoms with Gasteiger partial charge in [-0.05, 0) is 18.7 Å². The van der Waals surface area contributed by atoms with Crippen molar-refractivity contribution in [3.63, 3.8) is 0 Å². The van der Waals surface area contributed by atoms with Gasteiger partial charge >= 0.3 is 10.8 Å². The molecule has 0 saturated carbocycles. The Balaban J connectivity index is 2.25. The van der Waals surface area contributed by atoms with E-state index in [1.807, 2.05) is 36.1 Å². The van der Waals surface area contributed by atoms with Crippen LogP contribution in [0.1, 0.15) is 18.2 Å². The molecule has 0 atom stereocenters. The number of aromatic nitrogens is 1. The summed E-state index contributed by atoms with van der Waals surface area (Å²) in [6, 6.07) is 7.50. The number of aliphatic carboxylic acids is 1. The summed E-state index contributed by atoms with van der Waals surface area (Å²) in [5, 5.41) is 8.82. The number of methoxy groups -OCH3 is 1. The first kappa shape index (κ1) is 17.2. The van der Waals surface area contributed by atoms with Crippen LogP contribution < -0.4 is 9.61 Å². The lowest BCUT2D eigenvalue weighted by Gasteiger charge is -2.19. The second-order valence-corrected chi connectivity index (χ2v) is 6.12. The van der Waals surface area contributed by atoms with Gasteiger partial charge < -0.3 is 14.8 Å². The van der Waals surface area contributed by atoms with Crippen LogP contribution in [0.4, 0.5) is 0 Å². The van der Waals surface area contributed by atoms with E-state index in [9.17, 15) is 9.59 Å². The highest BCUT2D eigenvalue weighted by Gasteiger charge is 2.15. The molecular formula is C16H20N2O4S. The first-order valence-corrected chi connectivity index (χ1v) is 8.15. The second kappa shape index (κ2) is 7.94. The van der Waals surface area contributed by atoms with Gasteiger partial charge in [-0.2, -0.15) is 0 Å². The fraction of sp³-hybridized carbons (Fsp3) is 0.375. The van der Waals surface area contributed by atoms with E-state index in [-0.39, 0.29) is 11.3 Å². The molecule has 0 unspecified atom stereocenters. The number of aromatic amines is 1. The Morgan fingerprint density at radius 2 is 2.22 bits per heavy atom. The molecule has 124 valence electrons. The van der Waals surface area contributed by atoms with Crippen LogP contribution in [0.5, 0.6) is 5.75 Å². The molecule has 2 aromatic rings. The highest BCUT2D eigenvalue weighted by atomic mass is 32.1. The third-order valence-corrected chi connectivity index (χ3v) is 4.40. The van der Waals surface area contributed by atoms with Gasteiger partial charge in [0, 0.05) is 23.5 Å². The maximum atomic E-state index is 11.8. The van der Waals surface area contributed by atoms with Gasteiger partial charge in [-0.1, -0.05) is 30.4 Å². The van der Waals surface area contributed by atoms with Crippen LogP contribution in [0.3, 0.4) is 0 Å². The van der Waals surface area contributed by atoms with E-state index in [1.165, 1.54) is 0 Å². The zero-order valence-electron chi connectivity index (χ0n) is 13.2. The molecule has 1 aromatic carbocycles. The van der Waals surface area contributed by atoms with Crippen LogP contribution in [-0.4, -0.2) is 41.2 Å². The number of ether oxygens (including phenoxy) is 1. The van der Waals surface area contributed by atoms with Crippen molar-refractivity contribution < 1.29 is 14.6 Å². The minimum Gasteiger partial charge on any atom is -0.497 e. The maximum Gasteiger partial charge on any atom is 0.305 e. The Morgan fingerprint density at radius 1 is 1.43 bits per heavy atom. The molecule has 6 nitrogen and oxygen atoms in total. The van der Waals surface area contributed by atoms with Gasteiger partial charge in [0.05, 0.1) is 19.2 Å². The van der Waals surface area contributed by atoms with Crippen LogP contribution in [0, 0.1) is 0 Å². The molecule has 0 bridgehead atoms. The molecule has 0 saturated heterocycles. The number of nitrogens with zero attached hydrogens (tertiary/aromatic N) is 1. The van der Waals surface area contributed by atoms with Crippen molar-refractivity contribution in [1.29, 1.82) is 0 Å². The summed E-state index contributed by atoms with van der Waals surface area (Å²) >= 11 is 1.16. The van der Waals surface area contributed by atoms with Crippen molar-refractivity contribution >= 4 is 17.3 Å².